The number of hydrogen-bond donors (Lipinski definition) is 2. The average molecular weight is 288 g/mol. The zero-order valence-electron chi connectivity index (χ0n) is 12.5. The van der Waals surface area contributed by atoms with Crippen LogP contribution in [0.4, 0.5) is 0 Å². The van der Waals surface area contributed by atoms with Gasteiger partial charge in [-0.1, -0.05) is 6.92 Å². The van der Waals surface area contributed by atoms with Crippen LogP contribution in [0.25, 0.3) is 0 Å². The maximum Gasteiger partial charge on any atom is 0.224 e. The van der Waals surface area contributed by atoms with E-state index < -0.39 is 0 Å². The van der Waals surface area contributed by atoms with Gasteiger partial charge in [-0.15, -0.1) is 0 Å². The summed E-state index contributed by atoms with van der Waals surface area (Å²) in [4.78, 5) is 18.5. The maximum atomic E-state index is 12.0. The highest BCUT2D eigenvalue weighted by atomic mass is 16.2. The molecule has 0 bridgehead atoms. The number of nitrogens with zero attached hydrogens (tertiary/aromatic N) is 2. The van der Waals surface area contributed by atoms with Crippen LogP contribution in [0, 0.1) is 5.92 Å². The van der Waals surface area contributed by atoms with Crippen LogP contribution >= 0.6 is 0 Å². The van der Waals surface area contributed by atoms with E-state index in [1.165, 1.54) is 5.56 Å². The molecule has 0 spiro atoms. The predicted molar refractivity (Wildman–Crippen MR) is 81.5 cm³/mol. The van der Waals surface area contributed by atoms with E-state index in [0.717, 1.165) is 32.4 Å². The van der Waals surface area contributed by atoms with Crippen LogP contribution < -0.4 is 11.1 Å². The molecule has 0 radical (unpaired) electrons. The number of nitrogens with two attached hydrogens (primary N) is 1. The molecule has 2 aliphatic rings. The van der Waals surface area contributed by atoms with Gasteiger partial charge in [-0.05, 0) is 43.5 Å². The molecular weight excluding hydrogens is 264 g/mol. The Morgan fingerprint density at radius 3 is 2.95 bits per heavy atom. The van der Waals surface area contributed by atoms with Crippen molar-refractivity contribution in [1.29, 1.82) is 0 Å². The van der Waals surface area contributed by atoms with E-state index in [4.69, 9.17) is 5.73 Å². The molecule has 5 heteroatoms. The van der Waals surface area contributed by atoms with Gasteiger partial charge >= 0.3 is 0 Å². The van der Waals surface area contributed by atoms with Gasteiger partial charge < -0.3 is 11.1 Å². The second-order valence-electron chi connectivity index (χ2n) is 6.10. The molecule has 0 aromatic carbocycles. The lowest BCUT2D eigenvalue weighted by atomic mass is 9.87. The molecule has 3 N–H and O–H groups in total. The Hall–Kier alpha value is -1.46. The minimum atomic E-state index is 0.0712. The van der Waals surface area contributed by atoms with Crippen LogP contribution in [0.3, 0.4) is 0 Å². The van der Waals surface area contributed by atoms with Gasteiger partial charge in [0.25, 0.3) is 0 Å². The summed E-state index contributed by atoms with van der Waals surface area (Å²) in [5, 5.41) is 3.02. The van der Waals surface area contributed by atoms with Crippen LogP contribution in [-0.2, 0) is 4.79 Å². The zero-order chi connectivity index (χ0) is 14.8. The summed E-state index contributed by atoms with van der Waals surface area (Å²) in [6.07, 6.45) is 6.63. The van der Waals surface area contributed by atoms with Crippen molar-refractivity contribution in [3.8, 4) is 0 Å². The van der Waals surface area contributed by atoms with E-state index in [9.17, 15) is 4.79 Å². The Labute approximate surface area is 125 Å². The van der Waals surface area contributed by atoms with E-state index >= 15 is 0 Å². The summed E-state index contributed by atoms with van der Waals surface area (Å²) in [6, 6.07) is 4.62. The maximum absolute atomic E-state index is 12.0. The average Bonchev–Trinajstić information content (AvgIpc) is 2.91. The predicted octanol–water partition coefficient (Wildman–Crippen LogP) is 1.07. The Morgan fingerprint density at radius 2 is 2.24 bits per heavy atom. The number of rotatable bonds is 4. The Bertz CT molecular complexity index is 492. The molecule has 21 heavy (non-hydrogen) atoms. The molecule has 2 fully saturated rings. The first-order valence-corrected chi connectivity index (χ1v) is 7.91. The van der Waals surface area contributed by atoms with E-state index in [1.807, 2.05) is 24.5 Å². The Kier molecular flexibility index (Phi) is 4.22. The molecule has 4 unspecified atom stereocenters. The summed E-state index contributed by atoms with van der Waals surface area (Å²) < 4.78 is 0. The van der Waals surface area contributed by atoms with Gasteiger partial charge in [0.15, 0.2) is 0 Å². The van der Waals surface area contributed by atoms with Crippen molar-refractivity contribution in [3.63, 3.8) is 0 Å². The molecule has 2 aliphatic heterocycles. The molecule has 1 amide bonds. The number of amides is 1. The van der Waals surface area contributed by atoms with E-state index in [0.29, 0.717) is 0 Å². The van der Waals surface area contributed by atoms with Gasteiger partial charge in [-0.2, -0.15) is 0 Å². The second-order valence-corrected chi connectivity index (χ2v) is 6.10. The van der Waals surface area contributed by atoms with Crippen LogP contribution in [0.2, 0.25) is 0 Å². The summed E-state index contributed by atoms with van der Waals surface area (Å²) in [7, 11) is 0. The molecule has 2 saturated heterocycles. The standard InChI is InChI=1S/C16H24N4O/c1-2-13(17)15(11-5-7-18-8-6-11)20-9-3-4-12-14(20)10-19-16(12)21/h5-8,12-15H,2-4,9-10,17H2,1H3,(H,19,21). The third-order valence-electron chi connectivity index (χ3n) is 4.93. The number of nitrogens with one attached hydrogen (secondary N) is 1. The van der Waals surface area contributed by atoms with Crippen molar-refractivity contribution in [2.45, 2.75) is 44.3 Å². The number of likely N-dealkylation sites (tertiary alicyclic amines) is 1. The molecule has 4 atom stereocenters. The molecule has 114 valence electrons. The largest absolute Gasteiger partial charge is 0.354 e. The van der Waals surface area contributed by atoms with Crippen LogP contribution in [0.5, 0.6) is 0 Å². The second kappa shape index (κ2) is 6.12. The lowest BCUT2D eigenvalue weighted by Crippen LogP contribution is -2.51. The van der Waals surface area contributed by atoms with Gasteiger partial charge in [-0.3, -0.25) is 14.7 Å². The topological polar surface area (TPSA) is 71.2 Å². The minimum Gasteiger partial charge on any atom is -0.354 e. The normalized spacial score (nSPS) is 28.8. The van der Waals surface area contributed by atoms with E-state index in [2.05, 4.69) is 22.1 Å². The zero-order valence-corrected chi connectivity index (χ0v) is 12.5. The summed E-state index contributed by atoms with van der Waals surface area (Å²) in [6.45, 7) is 3.89. The fourth-order valence-corrected chi connectivity index (χ4v) is 3.80. The number of carbonyl (C=O) groups excluding carboxylic acids is 1. The van der Waals surface area contributed by atoms with Crippen molar-refractivity contribution in [2.24, 2.45) is 11.7 Å². The molecule has 1 aromatic rings. The van der Waals surface area contributed by atoms with Crippen LogP contribution in [0.15, 0.2) is 24.5 Å². The highest BCUT2D eigenvalue weighted by Crippen LogP contribution is 2.35. The number of carbonyl (C=O) groups is 1. The van der Waals surface area contributed by atoms with Crippen molar-refractivity contribution in [3.05, 3.63) is 30.1 Å². The van der Waals surface area contributed by atoms with Gasteiger partial charge in [-0.25, -0.2) is 0 Å². The van der Waals surface area contributed by atoms with Gasteiger partial charge in [0.2, 0.25) is 5.91 Å². The van der Waals surface area contributed by atoms with E-state index in [1.54, 1.807) is 0 Å². The molecular formula is C16H24N4O. The Morgan fingerprint density at radius 1 is 1.48 bits per heavy atom. The first kappa shape index (κ1) is 14.5. The monoisotopic (exact) mass is 288 g/mol. The van der Waals surface area contributed by atoms with Gasteiger partial charge in [0.05, 0.1) is 12.0 Å². The fourth-order valence-electron chi connectivity index (χ4n) is 3.80. The highest BCUT2D eigenvalue weighted by Gasteiger charge is 2.44. The van der Waals surface area contributed by atoms with E-state index in [-0.39, 0.29) is 30.0 Å². The van der Waals surface area contributed by atoms with Crippen LogP contribution in [0.1, 0.15) is 37.8 Å². The molecule has 3 heterocycles. The van der Waals surface area contributed by atoms with Crippen molar-refractivity contribution >= 4 is 5.91 Å². The number of fused-ring (bicyclic) bond motifs is 1. The SMILES string of the molecule is CCC(N)C(c1ccncc1)N1CCCC2C(=O)NCC21. The lowest BCUT2D eigenvalue weighted by Gasteiger charge is -2.43. The van der Waals surface area contributed by atoms with Crippen molar-refractivity contribution < 1.29 is 4.79 Å². The number of piperidine rings is 1. The molecule has 3 rings (SSSR count). The minimum absolute atomic E-state index is 0.0712. The Balaban J connectivity index is 1.91. The number of pyridine rings is 1. The number of aromatic nitrogens is 1. The van der Waals surface area contributed by atoms with Crippen molar-refractivity contribution in [1.82, 2.24) is 15.2 Å². The summed E-state index contributed by atoms with van der Waals surface area (Å²) in [5.74, 6) is 0.343. The molecule has 0 saturated carbocycles. The smallest absolute Gasteiger partial charge is 0.224 e. The third kappa shape index (κ3) is 2.68. The molecule has 1 aromatic heterocycles. The molecule has 0 aliphatic carbocycles. The number of hydrogen-bond acceptors (Lipinski definition) is 4. The highest BCUT2D eigenvalue weighted by molar-refractivity contribution is 5.82. The van der Waals surface area contributed by atoms with Gasteiger partial charge in [0, 0.05) is 31.0 Å². The molecule has 5 nitrogen and oxygen atoms in total. The first-order chi connectivity index (χ1) is 10.2. The first-order valence-electron chi connectivity index (χ1n) is 7.91. The fraction of sp³-hybridized carbons (Fsp3) is 0.625. The quantitative estimate of drug-likeness (QED) is 0.869. The van der Waals surface area contributed by atoms with Gasteiger partial charge in [0.1, 0.15) is 0 Å². The summed E-state index contributed by atoms with van der Waals surface area (Å²) in [5.41, 5.74) is 7.64. The lowest BCUT2D eigenvalue weighted by molar-refractivity contribution is -0.124. The van der Waals surface area contributed by atoms with Crippen LogP contribution in [-0.4, -0.2) is 41.0 Å². The third-order valence-corrected chi connectivity index (χ3v) is 4.93. The summed E-state index contributed by atoms with van der Waals surface area (Å²) >= 11 is 0. The van der Waals surface area contributed by atoms with Crippen molar-refractivity contribution in [2.75, 3.05) is 13.1 Å².